The number of benzene rings is 2. The van der Waals surface area contributed by atoms with Crippen LogP contribution in [-0.4, -0.2) is 37.2 Å². The number of phenolic OH excluding ortho intramolecular Hbond substituents is 3. The van der Waals surface area contributed by atoms with Crippen molar-refractivity contribution in [2.24, 2.45) is 0 Å². The van der Waals surface area contributed by atoms with Gasteiger partial charge < -0.3 is 20.1 Å². The fourth-order valence-electron chi connectivity index (χ4n) is 2.22. The number of hydrogen-bond donors (Lipinski definition) is 4. The van der Waals surface area contributed by atoms with Crippen LogP contribution in [0.4, 0.5) is 0 Å². The number of phenols is 3. The summed E-state index contributed by atoms with van der Waals surface area (Å²) >= 11 is 5.23. The van der Waals surface area contributed by atoms with Gasteiger partial charge in [-0.05, 0) is 36.5 Å². The van der Waals surface area contributed by atoms with Crippen molar-refractivity contribution < 1.29 is 20.1 Å². The van der Waals surface area contributed by atoms with Crippen molar-refractivity contribution in [3.63, 3.8) is 0 Å². The molecule has 0 atom stereocenters. The van der Waals surface area contributed by atoms with Gasteiger partial charge in [0.15, 0.2) is 10.6 Å². The largest absolute Gasteiger partial charge is 0.508 e. The summed E-state index contributed by atoms with van der Waals surface area (Å²) in [5, 5.41) is 36.3. The quantitative estimate of drug-likeness (QED) is 0.550. The number of aromatic nitrogens is 3. The lowest BCUT2D eigenvalue weighted by Crippen LogP contribution is -1.99. The number of aromatic hydroxyl groups is 3. The Labute approximate surface area is 136 Å². The number of methoxy groups -OCH3 is 1. The number of aromatic amines is 1. The van der Waals surface area contributed by atoms with Gasteiger partial charge in [0.25, 0.3) is 0 Å². The van der Waals surface area contributed by atoms with E-state index in [2.05, 4.69) is 10.2 Å². The van der Waals surface area contributed by atoms with Crippen LogP contribution in [0.3, 0.4) is 0 Å². The fourth-order valence-corrected chi connectivity index (χ4v) is 2.45. The summed E-state index contributed by atoms with van der Waals surface area (Å²) in [7, 11) is 1.51. The highest BCUT2D eigenvalue weighted by atomic mass is 32.1. The Balaban J connectivity index is 2.26. The van der Waals surface area contributed by atoms with E-state index in [1.165, 1.54) is 35.9 Å². The molecule has 0 aliphatic rings. The number of H-pyrrole nitrogens is 1. The average molecular weight is 331 g/mol. The minimum absolute atomic E-state index is 0.0252. The summed E-state index contributed by atoms with van der Waals surface area (Å²) in [5.74, 6) is 0.555. The summed E-state index contributed by atoms with van der Waals surface area (Å²) in [6.07, 6.45) is 0. The molecule has 7 nitrogen and oxygen atoms in total. The maximum absolute atomic E-state index is 10.1. The molecule has 8 heteroatoms. The normalized spacial score (nSPS) is 10.7. The second-order valence-electron chi connectivity index (χ2n) is 4.74. The second-order valence-corrected chi connectivity index (χ2v) is 5.13. The van der Waals surface area contributed by atoms with Crippen LogP contribution in [0.5, 0.6) is 23.0 Å². The summed E-state index contributed by atoms with van der Waals surface area (Å²) in [4.78, 5) is 0. The number of hydrogen-bond acceptors (Lipinski definition) is 6. The Hall–Kier alpha value is -3.00. The predicted molar refractivity (Wildman–Crippen MR) is 85.7 cm³/mol. The number of nitrogens with one attached hydrogen (secondary N) is 1. The Bertz CT molecular complexity index is 933. The van der Waals surface area contributed by atoms with Gasteiger partial charge in [0.2, 0.25) is 0 Å². The first-order valence-corrected chi connectivity index (χ1v) is 6.99. The van der Waals surface area contributed by atoms with E-state index < -0.39 is 0 Å². The van der Waals surface area contributed by atoms with Crippen molar-refractivity contribution in [2.45, 2.75) is 0 Å². The van der Waals surface area contributed by atoms with E-state index >= 15 is 0 Å². The summed E-state index contributed by atoms with van der Waals surface area (Å²) in [6.45, 7) is 0. The van der Waals surface area contributed by atoms with Crippen LogP contribution in [0, 0.1) is 4.77 Å². The average Bonchev–Trinajstić information content (AvgIpc) is 2.89. The number of ether oxygens (including phenoxy) is 1. The zero-order valence-electron chi connectivity index (χ0n) is 12.0. The fraction of sp³-hybridized carbons (Fsp3) is 0.0667. The van der Waals surface area contributed by atoms with Crippen LogP contribution in [0.25, 0.3) is 17.1 Å². The molecule has 0 fully saturated rings. The lowest BCUT2D eigenvalue weighted by Gasteiger charge is -2.11. The molecule has 4 N–H and O–H groups in total. The van der Waals surface area contributed by atoms with Crippen molar-refractivity contribution in [3.8, 4) is 40.1 Å². The van der Waals surface area contributed by atoms with E-state index in [9.17, 15) is 15.3 Å². The molecule has 1 aromatic heterocycles. The minimum Gasteiger partial charge on any atom is -0.508 e. The Morgan fingerprint density at radius 1 is 1.09 bits per heavy atom. The van der Waals surface area contributed by atoms with Gasteiger partial charge in [0.1, 0.15) is 23.0 Å². The monoisotopic (exact) mass is 331 g/mol. The summed E-state index contributed by atoms with van der Waals surface area (Å²) in [5.41, 5.74) is 0.697. The third-order valence-corrected chi connectivity index (χ3v) is 3.59. The molecular formula is C15H13N3O4S. The van der Waals surface area contributed by atoms with Crippen molar-refractivity contribution in [1.29, 1.82) is 0 Å². The van der Waals surface area contributed by atoms with E-state index in [-0.39, 0.29) is 27.8 Å². The smallest absolute Gasteiger partial charge is 0.200 e. The third-order valence-electron chi connectivity index (χ3n) is 3.32. The predicted octanol–water partition coefficient (Wildman–Crippen LogP) is 2.72. The van der Waals surface area contributed by atoms with Crippen molar-refractivity contribution in [3.05, 3.63) is 41.2 Å². The maximum atomic E-state index is 10.1. The molecule has 23 heavy (non-hydrogen) atoms. The van der Waals surface area contributed by atoms with Gasteiger partial charge in [-0.25, -0.2) is 0 Å². The van der Waals surface area contributed by atoms with Gasteiger partial charge in [-0.15, -0.1) is 0 Å². The third kappa shape index (κ3) is 2.59. The Kier molecular flexibility index (Phi) is 3.67. The van der Waals surface area contributed by atoms with Crippen LogP contribution in [0.1, 0.15) is 0 Å². The van der Waals surface area contributed by atoms with Gasteiger partial charge in [-0.3, -0.25) is 9.67 Å². The van der Waals surface area contributed by atoms with Crippen LogP contribution in [0.2, 0.25) is 0 Å². The molecule has 0 saturated carbocycles. The molecule has 0 aliphatic carbocycles. The van der Waals surface area contributed by atoms with Gasteiger partial charge >= 0.3 is 0 Å². The molecule has 1 heterocycles. The van der Waals surface area contributed by atoms with E-state index in [0.29, 0.717) is 17.0 Å². The molecule has 118 valence electrons. The van der Waals surface area contributed by atoms with Crippen molar-refractivity contribution in [1.82, 2.24) is 14.8 Å². The topological polar surface area (TPSA) is 104 Å². The lowest BCUT2D eigenvalue weighted by atomic mass is 10.1. The number of rotatable bonds is 3. The maximum Gasteiger partial charge on any atom is 0.200 e. The summed E-state index contributed by atoms with van der Waals surface area (Å²) < 4.78 is 6.87. The van der Waals surface area contributed by atoms with Crippen molar-refractivity contribution in [2.75, 3.05) is 7.11 Å². The van der Waals surface area contributed by atoms with E-state index in [1.807, 2.05) is 0 Å². The Morgan fingerprint density at radius 2 is 1.87 bits per heavy atom. The molecule has 0 spiro atoms. The highest BCUT2D eigenvalue weighted by molar-refractivity contribution is 7.71. The Morgan fingerprint density at radius 3 is 2.57 bits per heavy atom. The van der Waals surface area contributed by atoms with Gasteiger partial charge in [0.05, 0.1) is 18.4 Å². The molecule has 0 unspecified atom stereocenters. The first kappa shape index (κ1) is 14.9. The first-order valence-electron chi connectivity index (χ1n) is 6.58. The molecule has 0 radical (unpaired) electrons. The van der Waals surface area contributed by atoms with Crippen molar-refractivity contribution >= 4 is 12.2 Å². The zero-order valence-corrected chi connectivity index (χ0v) is 12.8. The van der Waals surface area contributed by atoms with Gasteiger partial charge in [-0.2, -0.15) is 5.10 Å². The molecule has 3 aromatic rings. The van der Waals surface area contributed by atoms with E-state index in [0.717, 1.165) is 0 Å². The number of nitrogens with zero attached hydrogens (tertiary/aromatic N) is 2. The first-order chi connectivity index (χ1) is 11.0. The summed E-state index contributed by atoms with van der Waals surface area (Å²) in [6, 6.07) is 8.81. The molecule has 0 amide bonds. The van der Waals surface area contributed by atoms with Crippen LogP contribution in [-0.2, 0) is 0 Å². The van der Waals surface area contributed by atoms with Crippen LogP contribution >= 0.6 is 12.2 Å². The van der Waals surface area contributed by atoms with Crippen LogP contribution < -0.4 is 4.74 Å². The van der Waals surface area contributed by atoms with Gasteiger partial charge in [-0.1, -0.05) is 0 Å². The molecule has 3 rings (SSSR count). The SMILES string of the molecule is COc1ccc(O)c(-n2c(-c3ccc(O)cc3O)n[nH]c2=S)c1. The van der Waals surface area contributed by atoms with E-state index in [4.69, 9.17) is 17.0 Å². The minimum atomic E-state index is -0.164. The molecule has 0 saturated heterocycles. The highest BCUT2D eigenvalue weighted by Crippen LogP contribution is 2.35. The van der Waals surface area contributed by atoms with E-state index in [1.54, 1.807) is 12.1 Å². The van der Waals surface area contributed by atoms with Crippen LogP contribution in [0.15, 0.2) is 36.4 Å². The molecular weight excluding hydrogens is 318 g/mol. The second kappa shape index (κ2) is 5.65. The molecule has 2 aromatic carbocycles. The molecule has 0 bridgehead atoms. The highest BCUT2D eigenvalue weighted by Gasteiger charge is 2.17. The standard InChI is InChI=1S/C15H13N3O4S/c1-22-9-3-5-12(20)11(7-9)18-14(16-17-15(18)23)10-4-2-8(19)6-13(10)21/h2-7,19-21H,1H3,(H,17,23). The lowest BCUT2D eigenvalue weighted by molar-refractivity contribution is 0.411. The molecule has 0 aliphatic heterocycles. The van der Waals surface area contributed by atoms with Gasteiger partial charge in [0, 0.05) is 12.1 Å². The zero-order chi connectivity index (χ0) is 16.6.